The summed E-state index contributed by atoms with van der Waals surface area (Å²) < 4.78 is 19.0. The van der Waals surface area contributed by atoms with Crippen LogP contribution in [0.4, 0.5) is 10.1 Å². The van der Waals surface area contributed by atoms with E-state index < -0.39 is 12.0 Å². The van der Waals surface area contributed by atoms with Crippen LogP contribution in [-0.2, 0) is 9.59 Å². The maximum Gasteiger partial charge on any atom is 0.227 e. The zero-order valence-electron chi connectivity index (χ0n) is 20.7. The summed E-state index contributed by atoms with van der Waals surface area (Å²) in [7, 11) is 1.59. The maximum atomic E-state index is 13.7. The molecule has 7 heteroatoms. The van der Waals surface area contributed by atoms with E-state index in [-0.39, 0.29) is 24.1 Å². The average Bonchev–Trinajstić information content (AvgIpc) is 2.88. The molecule has 2 amide bonds. The van der Waals surface area contributed by atoms with Crippen LogP contribution >= 0.6 is 0 Å². The van der Waals surface area contributed by atoms with E-state index in [0.717, 1.165) is 37.5 Å². The van der Waals surface area contributed by atoms with Crippen molar-refractivity contribution in [2.45, 2.75) is 45.1 Å². The van der Waals surface area contributed by atoms with Crippen molar-refractivity contribution in [3.05, 3.63) is 59.9 Å². The van der Waals surface area contributed by atoms with Crippen molar-refractivity contribution < 1.29 is 18.7 Å². The summed E-state index contributed by atoms with van der Waals surface area (Å²) in [4.78, 5) is 30.6. The molecule has 0 aromatic heterocycles. The molecule has 4 rings (SSSR count). The van der Waals surface area contributed by atoms with Crippen LogP contribution in [0.2, 0.25) is 0 Å². The summed E-state index contributed by atoms with van der Waals surface area (Å²) in [5.74, 6) is 0.618. The Labute approximate surface area is 207 Å². The molecule has 0 bridgehead atoms. The minimum atomic E-state index is -0.506. The Morgan fingerprint density at radius 1 is 1.06 bits per heavy atom. The molecular weight excluding hydrogens is 445 g/mol. The number of amides is 2. The second-order valence-electron chi connectivity index (χ2n) is 9.77. The number of benzene rings is 2. The number of hydrogen-bond acceptors (Lipinski definition) is 4. The normalized spacial score (nSPS) is 21.7. The Hall–Kier alpha value is -2.93. The first-order valence-corrected chi connectivity index (χ1v) is 12.7. The molecule has 0 radical (unpaired) electrons. The van der Waals surface area contributed by atoms with E-state index in [1.807, 2.05) is 12.1 Å². The maximum absolute atomic E-state index is 13.7. The lowest BCUT2D eigenvalue weighted by atomic mass is 9.83. The fraction of sp³-hybridized carbons (Fsp3) is 0.500. The van der Waals surface area contributed by atoms with E-state index in [1.165, 1.54) is 25.0 Å². The molecular formula is C28H36FN3O3. The number of ether oxygens (including phenoxy) is 1. The summed E-state index contributed by atoms with van der Waals surface area (Å²) in [6.07, 6.45) is 4.12. The van der Waals surface area contributed by atoms with Crippen molar-refractivity contribution in [2.75, 3.05) is 38.2 Å². The van der Waals surface area contributed by atoms with Gasteiger partial charge in [-0.3, -0.25) is 9.59 Å². The van der Waals surface area contributed by atoms with Gasteiger partial charge in [0.2, 0.25) is 11.8 Å². The predicted molar refractivity (Wildman–Crippen MR) is 135 cm³/mol. The second kappa shape index (κ2) is 11.7. The molecule has 2 fully saturated rings. The quantitative estimate of drug-likeness (QED) is 0.562. The van der Waals surface area contributed by atoms with Crippen LogP contribution in [-0.4, -0.2) is 50.0 Å². The lowest BCUT2D eigenvalue weighted by molar-refractivity contribution is -0.129. The fourth-order valence-corrected chi connectivity index (χ4v) is 5.19. The number of rotatable bonds is 8. The molecule has 2 atom stereocenters. The number of carbonyl (C=O) groups excluding carboxylic acids is 2. The van der Waals surface area contributed by atoms with Crippen LogP contribution in [0.1, 0.15) is 50.6 Å². The average molecular weight is 482 g/mol. The molecule has 35 heavy (non-hydrogen) atoms. The van der Waals surface area contributed by atoms with Gasteiger partial charge in [0, 0.05) is 18.7 Å². The van der Waals surface area contributed by atoms with Gasteiger partial charge in [0.25, 0.3) is 0 Å². The number of nitrogens with one attached hydrogen (secondary N) is 1. The predicted octanol–water partition coefficient (Wildman–Crippen LogP) is 4.56. The number of piperidine rings is 2. The molecule has 2 saturated heterocycles. The van der Waals surface area contributed by atoms with Crippen molar-refractivity contribution in [1.29, 1.82) is 0 Å². The van der Waals surface area contributed by atoms with E-state index >= 15 is 0 Å². The van der Waals surface area contributed by atoms with Gasteiger partial charge < -0.3 is 19.9 Å². The molecule has 2 unspecified atom stereocenters. The van der Waals surface area contributed by atoms with Crippen molar-refractivity contribution in [3.63, 3.8) is 0 Å². The van der Waals surface area contributed by atoms with E-state index in [0.29, 0.717) is 24.4 Å². The number of carbonyl (C=O) groups is 2. The summed E-state index contributed by atoms with van der Waals surface area (Å²) >= 11 is 0. The van der Waals surface area contributed by atoms with Gasteiger partial charge in [-0.05, 0) is 93.2 Å². The van der Waals surface area contributed by atoms with Gasteiger partial charge in [-0.1, -0.05) is 19.1 Å². The highest BCUT2D eigenvalue weighted by Gasteiger charge is 2.41. The topological polar surface area (TPSA) is 61.9 Å². The second-order valence-corrected chi connectivity index (χ2v) is 9.77. The summed E-state index contributed by atoms with van der Waals surface area (Å²) in [6.45, 7) is 6.15. The smallest absolute Gasteiger partial charge is 0.227 e. The highest BCUT2D eigenvalue weighted by molar-refractivity contribution is 5.97. The van der Waals surface area contributed by atoms with Crippen LogP contribution in [0.25, 0.3) is 0 Å². The number of methoxy groups -OCH3 is 1. The molecule has 2 aromatic rings. The van der Waals surface area contributed by atoms with Gasteiger partial charge in [0.15, 0.2) is 0 Å². The Morgan fingerprint density at radius 3 is 2.40 bits per heavy atom. The standard InChI is InChI=1S/C28H36FN3O3/c1-20-14-18-31(19-15-20)17-3-16-30-28(34)25-12-13-26(33)32(23-8-10-24(35-2)11-9-23)27(25)21-4-6-22(29)7-5-21/h4-11,20,25,27H,3,12-19H2,1-2H3,(H,30,34). The van der Waals surface area contributed by atoms with E-state index in [9.17, 15) is 14.0 Å². The highest BCUT2D eigenvalue weighted by Crippen LogP contribution is 2.40. The molecule has 2 heterocycles. The van der Waals surface area contributed by atoms with E-state index in [2.05, 4.69) is 17.1 Å². The van der Waals surface area contributed by atoms with Gasteiger partial charge >= 0.3 is 0 Å². The highest BCUT2D eigenvalue weighted by atomic mass is 19.1. The Bertz CT molecular complexity index is 988. The van der Waals surface area contributed by atoms with E-state index in [1.54, 1.807) is 36.3 Å². The van der Waals surface area contributed by atoms with Gasteiger partial charge in [0.1, 0.15) is 11.6 Å². The number of nitrogens with zero attached hydrogens (tertiary/aromatic N) is 2. The van der Waals surface area contributed by atoms with E-state index in [4.69, 9.17) is 4.74 Å². The zero-order chi connectivity index (χ0) is 24.8. The van der Waals surface area contributed by atoms with Crippen LogP contribution < -0.4 is 15.0 Å². The molecule has 0 saturated carbocycles. The molecule has 0 aliphatic carbocycles. The first-order valence-electron chi connectivity index (χ1n) is 12.7. The number of anilines is 1. The minimum Gasteiger partial charge on any atom is -0.497 e. The SMILES string of the molecule is COc1ccc(N2C(=O)CCC(C(=O)NCCCN3CCC(C)CC3)C2c2ccc(F)cc2)cc1. The monoisotopic (exact) mass is 481 g/mol. The molecule has 188 valence electrons. The van der Waals surface area contributed by atoms with Gasteiger partial charge in [-0.15, -0.1) is 0 Å². The lowest BCUT2D eigenvalue weighted by Gasteiger charge is -2.41. The summed E-state index contributed by atoms with van der Waals surface area (Å²) in [5, 5.41) is 3.12. The van der Waals surface area contributed by atoms with Crippen molar-refractivity contribution in [1.82, 2.24) is 10.2 Å². The first-order chi connectivity index (χ1) is 17.0. The van der Waals surface area contributed by atoms with Crippen molar-refractivity contribution >= 4 is 17.5 Å². The van der Waals surface area contributed by atoms with Crippen LogP contribution in [0, 0.1) is 17.7 Å². The summed E-state index contributed by atoms with van der Waals surface area (Å²) in [6, 6.07) is 12.9. The van der Waals surface area contributed by atoms with Crippen LogP contribution in [0.5, 0.6) is 5.75 Å². The third kappa shape index (κ3) is 6.20. The Balaban J connectivity index is 1.48. The van der Waals surface area contributed by atoms with Crippen molar-refractivity contribution in [3.8, 4) is 5.75 Å². The third-order valence-corrected chi connectivity index (χ3v) is 7.32. The molecule has 6 nitrogen and oxygen atoms in total. The van der Waals surface area contributed by atoms with Crippen LogP contribution in [0.15, 0.2) is 48.5 Å². The van der Waals surface area contributed by atoms with Gasteiger partial charge in [-0.25, -0.2) is 4.39 Å². The number of halogens is 1. The lowest BCUT2D eigenvalue weighted by Crippen LogP contribution is -2.48. The molecule has 2 aromatic carbocycles. The zero-order valence-corrected chi connectivity index (χ0v) is 20.7. The number of likely N-dealkylation sites (tertiary alicyclic amines) is 1. The molecule has 2 aliphatic heterocycles. The summed E-state index contributed by atoms with van der Waals surface area (Å²) in [5.41, 5.74) is 1.44. The Morgan fingerprint density at radius 2 is 1.74 bits per heavy atom. The molecule has 1 N–H and O–H groups in total. The fourth-order valence-electron chi connectivity index (χ4n) is 5.19. The largest absolute Gasteiger partial charge is 0.497 e. The van der Waals surface area contributed by atoms with Crippen molar-refractivity contribution in [2.24, 2.45) is 11.8 Å². The number of hydrogen-bond donors (Lipinski definition) is 1. The minimum absolute atomic E-state index is 0.0483. The molecule has 2 aliphatic rings. The Kier molecular flexibility index (Phi) is 8.39. The molecule has 0 spiro atoms. The van der Waals surface area contributed by atoms with Crippen LogP contribution in [0.3, 0.4) is 0 Å². The first kappa shape index (κ1) is 25.2. The van der Waals surface area contributed by atoms with Gasteiger partial charge in [0.05, 0.1) is 19.1 Å². The third-order valence-electron chi connectivity index (χ3n) is 7.32. The van der Waals surface area contributed by atoms with Gasteiger partial charge in [-0.2, -0.15) is 0 Å².